The lowest BCUT2D eigenvalue weighted by atomic mass is 10.1. The van der Waals surface area contributed by atoms with E-state index in [0.717, 1.165) is 23.3 Å². The van der Waals surface area contributed by atoms with Gasteiger partial charge in [0.1, 0.15) is 0 Å². The molecular formula is C22H22F2N2O4S. The molecule has 0 bridgehead atoms. The number of carbonyl (C=O) groups is 2. The van der Waals surface area contributed by atoms with E-state index in [9.17, 15) is 18.4 Å². The van der Waals surface area contributed by atoms with Gasteiger partial charge in [0.15, 0.2) is 11.5 Å². The van der Waals surface area contributed by atoms with Gasteiger partial charge in [-0.3, -0.25) is 9.59 Å². The Hall–Kier alpha value is -2.81. The fourth-order valence-corrected chi connectivity index (χ4v) is 4.39. The Bertz CT molecular complexity index is 1010. The Kier molecular flexibility index (Phi) is 6.04. The van der Waals surface area contributed by atoms with E-state index < -0.39 is 6.61 Å². The number of ether oxygens (including phenoxy) is 2. The van der Waals surface area contributed by atoms with E-state index in [1.807, 2.05) is 13.0 Å². The van der Waals surface area contributed by atoms with Gasteiger partial charge in [-0.15, -0.1) is 11.8 Å². The van der Waals surface area contributed by atoms with Crippen LogP contribution in [0.4, 0.5) is 14.5 Å². The number of rotatable bonds is 7. The fourth-order valence-electron chi connectivity index (χ4n) is 3.46. The average molecular weight is 448 g/mol. The number of methoxy groups -OCH3 is 1. The molecule has 31 heavy (non-hydrogen) atoms. The first-order valence-corrected chi connectivity index (χ1v) is 10.8. The molecule has 1 atom stereocenters. The quantitative estimate of drug-likeness (QED) is 0.674. The third-order valence-corrected chi connectivity index (χ3v) is 6.38. The first-order valence-electron chi connectivity index (χ1n) is 9.90. The Balaban J connectivity index is 1.55. The van der Waals surface area contributed by atoms with Crippen LogP contribution in [-0.4, -0.2) is 41.7 Å². The third-order valence-electron chi connectivity index (χ3n) is 5.20. The van der Waals surface area contributed by atoms with Crippen molar-refractivity contribution < 1.29 is 27.8 Å². The molecule has 164 valence electrons. The number of thioether (sulfide) groups is 1. The number of anilines is 1. The van der Waals surface area contributed by atoms with E-state index in [4.69, 9.17) is 4.74 Å². The number of alkyl halides is 2. The van der Waals surface area contributed by atoms with Gasteiger partial charge in [-0.1, -0.05) is 6.07 Å². The van der Waals surface area contributed by atoms with E-state index in [1.54, 1.807) is 29.2 Å². The largest absolute Gasteiger partial charge is 0.493 e. The summed E-state index contributed by atoms with van der Waals surface area (Å²) in [4.78, 5) is 28.0. The molecular weight excluding hydrogens is 426 g/mol. The zero-order chi connectivity index (χ0) is 22.1. The van der Waals surface area contributed by atoms with Gasteiger partial charge in [-0.05, 0) is 55.7 Å². The van der Waals surface area contributed by atoms with Crippen molar-refractivity contribution in [1.29, 1.82) is 0 Å². The normalized spacial score (nSPS) is 17.7. The SMILES string of the molecule is COc1cc(CN(C(=O)c2ccc3c(c2)NC(=O)[C@@H](C)S3)C2CC2)ccc1OC(F)F. The predicted molar refractivity (Wildman–Crippen MR) is 113 cm³/mol. The Morgan fingerprint density at radius 1 is 1.23 bits per heavy atom. The lowest BCUT2D eigenvalue weighted by molar-refractivity contribution is -0.115. The molecule has 2 aromatic rings. The molecule has 0 saturated heterocycles. The van der Waals surface area contributed by atoms with Crippen molar-refractivity contribution in [3.63, 3.8) is 0 Å². The summed E-state index contributed by atoms with van der Waals surface area (Å²) < 4.78 is 34.8. The standard InChI is InChI=1S/C22H22F2N2O4S/c1-12-20(27)25-16-10-14(4-8-19(16)31-12)21(28)26(15-5-6-15)11-13-3-7-17(30-22(23)24)18(9-13)29-2/h3-4,7-10,12,15,22H,5-6,11H2,1-2H3,(H,25,27)/t12-/m1/s1. The van der Waals surface area contributed by atoms with Crippen LogP contribution in [0.5, 0.6) is 11.5 Å². The number of fused-ring (bicyclic) bond motifs is 1. The Morgan fingerprint density at radius 2 is 2.00 bits per heavy atom. The molecule has 0 aromatic heterocycles. The first-order chi connectivity index (χ1) is 14.9. The van der Waals surface area contributed by atoms with Crippen molar-refractivity contribution in [3.05, 3.63) is 47.5 Å². The van der Waals surface area contributed by atoms with E-state index in [2.05, 4.69) is 10.1 Å². The summed E-state index contributed by atoms with van der Waals surface area (Å²) in [5.41, 5.74) is 1.88. The molecule has 9 heteroatoms. The molecule has 4 rings (SSSR count). The molecule has 1 fully saturated rings. The van der Waals surface area contributed by atoms with Crippen molar-refractivity contribution in [2.24, 2.45) is 0 Å². The van der Waals surface area contributed by atoms with Crippen LogP contribution < -0.4 is 14.8 Å². The fraction of sp³-hybridized carbons (Fsp3) is 0.364. The Morgan fingerprint density at radius 3 is 2.68 bits per heavy atom. The van der Waals surface area contributed by atoms with Crippen LogP contribution in [0.15, 0.2) is 41.3 Å². The van der Waals surface area contributed by atoms with Crippen LogP contribution in [0.1, 0.15) is 35.7 Å². The van der Waals surface area contributed by atoms with Crippen LogP contribution in [-0.2, 0) is 11.3 Å². The molecule has 1 saturated carbocycles. The number of carbonyl (C=O) groups excluding carboxylic acids is 2. The second-order valence-electron chi connectivity index (χ2n) is 7.49. The average Bonchev–Trinajstić information content (AvgIpc) is 3.57. The number of nitrogens with one attached hydrogen (secondary N) is 1. The molecule has 2 aromatic carbocycles. The van der Waals surface area contributed by atoms with Gasteiger partial charge in [0.05, 0.1) is 18.0 Å². The number of hydrogen-bond acceptors (Lipinski definition) is 5. The van der Waals surface area contributed by atoms with E-state index in [1.165, 1.54) is 24.9 Å². The predicted octanol–water partition coefficient (Wildman–Crippen LogP) is 4.53. The van der Waals surface area contributed by atoms with Crippen LogP contribution in [0.25, 0.3) is 0 Å². The van der Waals surface area contributed by atoms with E-state index in [0.29, 0.717) is 17.8 Å². The lowest BCUT2D eigenvalue weighted by Gasteiger charge is -2.25. The topological polar surface area (TPSA) is 67.9 Å². The van der Waals surface area contributed by atoms with Gasteiger partial charge in [0.25, 0.3) is 5.91 Å². The minimum absolute atomic E-state index is 0.0531. The maximum Gasteiger partial charge on any atom is 0.387 e. The number of halogens is 2. The third kappa shape index (κ3) is 4.76. The molecule has 1 heterocycles. The summed E-state index contributed by atoms with van der Waals surface area (Å²) in [6, 6.07) is 10.1. The maximum atomic E-state index is 13.3. The minimum atomic E-state index is -2.95. The highest BCUT2D eigenvalue weighted by molar-refractivity contribution is 8.00. The van der Waals surface area contributed by atoms with Gasteiger partial charge in [0.2, 0.25) is 5.91 Å². The molecule has 1 aliphatic heterocycles. The molecule has 0 unspecified atom stereocenters. The summed E-state index contributed by atoms with van der Waals surface area (Å²) in [6.07, 6.45) is 1.81. The monoisotopic (exact) mass is 448 g/mol. The summed E-state index contributed by atoms with van der Waals surface area (Å²) in [5, 5.41) is 2.68. The van der Waals surface area contributed by atoms with Crippen LogP contribution in [0.3, 0.4) is 0 Å². The number of hydrogen-bond donors (Lipinski definition) is 1. The van der Waals surface area contributed by atoms with Crippen LogP contribution in [0, 0.1) is 0 Å². The van der Waals surface area contributed by atoms with Gasteiger partial charge < -0.3 is 19.7 Å². The molecule has 0 radical (unpaired) electrons. The summed E-state index contributed by atoms with van der Waals surface area (Å²) in [5.74, 6) is -0.0965. The Labute approximate surface area is 182 Å². The highest BCUT2D eigenvalue weighted by Gasteiger charge is 2.34. The highest BCUT2D eigenvalue weighted by Crippen LogP contribution is 2.37. The molecule has 1 N–H and O–H groups in total. The number of amides is 2. The van der Waals surface area contributed by atoms with Crippen molar-refractivity contribution >= 4 is 29.3 Å². The second kappa shape index (κ2) is 8.74. The lowest BCUT2D eigenvalue weighted by Crippen LogP contribution is -2.33. The first kappa shape index (κ1) is 21.4. The summed E-state index contributed by atoms with van der Waals surface area (Å²) >= 11 is 1.46. The second-order valence-corrected chi connectivity index (χ2v) is 8.87. The van der Waals surface area contributed by atoms with Gasteiger partial charge in [-0.2, -0.15) is 8.78 Å². The molecule has 2 amide bonds. The van der Waals surface area contributed by atoms with E-state index in [-0.39, 0.29) is 34.6 Å². The molecule has 2 aliphatic rings. The molecule has 1 aliphatic carbocycles. The zero-order valence-corrected chi connectivity index (χ0v) is 17.9. The van der Waals surface area contributed by atoms with Crippen LogP contribution >= 0.6 is 11.8 Å². The summed E-state index contributed by atoms with van der Waals surface area (Å²) in [6.45, 7) is -0.804. The zero-order valence-electron chi connectivity index (χ0n) is 17.1. The maximum absolute atomic E-state index is 13.3. The molecule has 0 spiro atoms. The molecule has 6 nitrogen and oxygen atoms in total. The van der Waals surface area contributed by atoms with E-state index >= 15 is 0 Å². The minimum Gasteiger partial charge on any atom is -0.493 e. The van der Waals surface area contributed by atoms with Gasteiger partial charge >= 0.3 is 6.61 Å². The van der Waals surface area contributed by atoms with Gasteiger partial charge in [-0.25, -0.2) is 0 Å². The van der Waals surface area contributed by atoms with Crippen molar-refractivity contribution in [3.8, 4) is 11.5 Å². The number of nitrogens with zero attached hydrogens (tertiary/aromatic N) is 1. The number of benzene rings is 2. The van der Waals surface area contributed by atoms with Gasteiger partial charge in [0, 0.05) is 23.0 Å². The van der Waals surface area contributed by atoms with Crippen molar-refractivity contribution in [2.45, 2.75) is 49.1 Å². The van der Waals surface area contributed by atoms with Crippen molar-refractivity contribution in [2.75, 3.05) is 12.4 Å². The van der Waals surface area contributed by atoms with Crippen LogP contribution in [0.2, 0.25) is 0 Å². The smallest absolute Gasteiger partial charge is 0.387 e. The summed E-state index contributed by atoms with van der Waals surface area (Å²) in [7, 11) is 1.38. The highest BCUT2D eigenvalue weighted by atomic mass is 32.2. The van der Waals surface area contributed by atoms with Crippen molar-refractivity contribution in [1.82, 2.24) is 4.90 Å².